The number of benzene rings is 1. The van der Waals surface area contributed by atoms with E-state index in [0.29, 0.717) is 54.7 Å². The first kappa shape index (κ1) is 29.6. The van der Waals surface area contributed by atoms with E-state index in [4.69, 9.17) is 33.4 Å². The summed E-state index contributed by atoms with van der Waals surface area (Å²) in [4.78, 5) is 50.9. The molecule has 0 radical (unpaired) electrons. The molecule has 2 heterocycles. The second-order valence-corrected chi connectivity index (χ2v) is 9.59. The summed E-state index contributed by atoms with van der Waals surface area (Å²) in [6.45, 7) is 6.85. The van der Waals surface area contributed by atoms with E-state index >= 15 is 0 Å². The summed E-state index contributed by atoms with van der Waals surface area (Å²) in [6.07, 6.45) is 5.27. The van der Waals surface area contributed by atoms with Crippen molar-refractivity contribution in [3.63, 3.8) is 0 Å². The Morgan fingerprint density at radius 1 is 0.944 bits per heavy atom. The number of hydrogen-bond acceptors (Lipinski definition) is 5. The normalized spacial score (nSPS) is 18.1. The maximum Gasteiger partial charge on any atom is 0.328 e. The van der Waals surface area contributed by atoms with Crippen LogP contribution in [0.4, 0.5) is 0 Å². The third-order valence-electron chi connectivity index (χ3n) is 6.00. The van der Waals surface area contributed by atoms with Crippen molar-refractivity contribution in [3.05, 3.63) is 46.0 Å². The lowest BCUT2D eigenvalue weighted by Gasteiger charge is -2.43. The molecule has 2 fully saturated rings. The molecular formula is C25H33Cl2N3O6. The predicted octanol–water partition coefficient (Wildman–Crippen LogP) is 3.18. The van der Waals surface area contributed by atoms with Gasteiger partial charge in [0.05, 0.1) is 22.5 Å². The van der Waals surface area contributed by atoms with Crippen molar-refractivity contribution in [2.75, 3.05) is 39.3 Å². The number of carbonyl (C=O) groups is 4. The highest BCUT2D eigenvalue weighted by Crippen LogP contribution is 2.24. The Labute approximate surface area is 221 Å². The fourth-order valence-corrected chi connectivity index (χ4v) is 4.59. The van der Waals surface area contributed by atoms with Gasteiger partial charge in [0.1, 0.15) is 0 Å². The summed E-state index contributed by atoms with van der Waals surface area (Å²) in [7, 11) is 0. The van der Waals surface area contributed by atoms with Gasteiger partial charge in [0, 0.05) is 44.8 Å². The van der Waals surface area contributed by atoms with Crippen LogP contribution in [-0.2, 0) is 25.6 Å². The molecule has 0 spiro atoms. The number of halogens is 2. The standard InChI is InChI=1S/C21H29Cl2N3O2.C4H4O4/c1-2-5-20(27)25-10-11-26(17(15-25)14-24-8-3-4-9-24)21(28)13-16-6-7-18(22)19(23)12-16;5-3(6)1-2-4(7)8/h6-7,12,17H,2-5,8-11,13-15H2,1H3;1-2H,(H,5,6)(H,7,8). The van der Waals surface area contributed by atoms with Gasteiger partial charge >= 0.3 is 11.9 Å². The molecule has 1 aromatic rings. The van der Waals surface area contributed by atoms with E-state index < -0.39 is 11.9 Å². The monoisotopic (exact) mass is 541 g/mol. The minimum absolute atomic E-state index is 0.0444. The molecule has 2 saturated heterocycles. The van der Waals surface area contributed by atoms with Crippen molar-refractivity contribution >= 4 is 47.0 Å². The van der Waals surface area contributed by atoms with E-state index in [9.17, 15) is 19.2 Å². The van der Waals surface area contributed by atoms with E-state index in [2.05, 4.69) is 4.90 Å². The minimum Gasteiger partial charge on any atom is -0.478 e. The van der Waals surface area contributed by atoms with Gasteiger partial charge in [-0.2, -0.15) is 0 Å². The molecule has 0 bridgehead atoms. The van der Waals surface area contributed by atoms with Crippen molar-refractivity contribution in [2.45, 2.75) is 45.1 Å². The molecule has 1 aromatic carbocycles. The zero-order valence-electron chi connectivity index (χ0n) is 20.4. The van der Waals surface area contributed by atoms with Gasteiger partial charge in [0.2, 0.25) is 11.8 Å². The number of carboxylic acids is 2. The molecule has 0 aliphatic carbocycles. The van der Waals surface area contributed by atoms with Crippen LogP contribution < -0.4 is 0 Å². The number of aliphatic carboxylic acids is 2. The maximum atomic E-state index is 13.1. The Kier molecular flexibility index (Phi) is 12.2. The predicted molar refractivity (Wildman–Crippen MR) is 137 cm³/mol. The summed E-state index contributed by atoms with van der Waals surface area (Å²) in [5, 5.41) is 16.6. The Balaban J connectivity index is 0.000000493. The lowest BCUT2D eigenvalue weighted by molar-refractivity contribution is -0.143. The second-order valence-electron chi connectivity index (χ2n) is 8.77. The molecule has 9 nitrogen and oxygen atoms in total. The van der Waals surface area contributed by atoms with Gasteiger partial charge in [-0.15, -0.1) is 0 Å². The summed E-state index contributed by atoms with van der Waals surface area (Å²) in [5.41, 5.74) is 0.865. The first-order chi connectivity index (χ1) is 17.1. The molecule has 1 unspecified atom stereocenters. The third-order valence-corrected chi connectivity index (χ3v) is 6.73. The van der Waals surface area contributed by atoms with E-state index in [-0.39, 0.29) is 17.9 Å². The first-order valence-electron chi connectivity index (χ1n) is 12.0. The molecule has 0 saturated carbocycles. The first-order valence-corrected chi connectivity index (χ1v) is 12.7. The van der Waals surface area contributed by atoms with Crippen LogP contribution in [-0.4, -0.2) is 94.0 Å². The zero-order chi connectivity index (χ0) is 26.7. The number of nitrogens with zero attached hydrogens (tertiary/aromatic N) is 3. The van der Waals surface area contributed by atoms with Gasteiger partial charge in [-0.1, -0.05) is 36.2 Å². The van der Waals surface area contributed by atoms with Crippen LogP contribution >= 0.6 is 23.2 Å². The van der Waals surface area contributed by atoms with E-state index in [1.807, 2.05) is 22.8 Å². The van der Waals surface area contributed by atoms with E-state index in [1.54, 1.807) is 12.1 Å². The lowest BCUT2D eigenvalue weighted by Crippen LogP contribution is -2.59. The molecule has 2 aliphatic heterocycles. The summed E-state index contributed by atoms with van der Waals surface area (Å²) in [5.74, 6) is -2.23. The average molecular weight is 542 g/mol. The van der Waals surface area contributed by atoms with Gasteiger partial charge in [-0.05, 0) is 50.0 Å². The second kappa shape index (κ2) is 14.8. The Bertz CT molecular complexity index is 949. The van der Waals surface area contributed by atoms with Crippen LogP contribution in [0.2, 0.25) is 10.0 Å². The number of carboxylic acid groups (broad SMARTS) is 2. The molecule has 11 heteroatoms. The van der Waals surface area contributed by atoms with Crippen LogP contribution in [0.1, 0.15) is 38.2 Å². The molecule has 1 atom stereocenters. The lowest BCUT2D eigenvalue weighted by atomic mass is 10.1. The van der Waals surface area contributed by atoms with Gasteiger partial charge in [0.15, 0.2) is 0 Å². The van der Waals surface area contributed by atoms with Gasteiger partial charge < -0.3 is 24.9 Å². The highest BCUT2D eigenvalue weighted by molar-refractivity contribution is 6.42. The highest BCUT2D eigenvalue weighted by atomic mass is 35.5. The molecule has 36 heavy (non-hydrogen) atoms. The number of amides is 2. The summed E-state index contributed by atoms with van der Waals surface area (Å²) in [6, 6.07) is 5.39. The Morgan fingerprint density at radius 2 is 1.58 bits per heavy atom. The number of carbonyl (C=O) groups excluding carboxylic acids is 2. The molecule has 198 valence electrons. The van der Waals surface area contributed by atoms with Crippen LogP contribution in [0.3, 0.4) is 0 Å². The number of rotatable bonds is 8. The van der Waals surface area contributed by atoms with Crippen molar-refractivity contribution in [3.8, 4) is 0 Å². The third kappa shape index (κ3) is 9.79. The topological polar surface area (TPSA) is 118 Å². The Hall–Kier alpha value is -2.62. The molecule has 2 amide bonds. The molecule has 2 N–H and O–H groups in total. The molecule has 3 rings (SSSR count). The quantitative estimate of drug-likeness (QED) is 0.485. The van der Waals surface area contributed by atoms with Gasteiger partial charge in [-0.25, -0.2) is 9.59 Å². The van der Waals surface area contributed by atoms with Crippen LogP contribution in [0.5, 0.6) is 0 Å². The van der Waals surface area contributed by atoms with Crippen molar-refractivity contribution in [1.29, 1.82) is 0 Å². The number of hydrogen-bond donors (Lipinski definition) is 2. The molecule has 0 aromatic heterocycles. The van der Waals surface area contributed by atoms with Crippen LogP contribution in [0.15, 0.2) is 30.4 Å². The molecular weight excluding hydrogens is 509 g/mol. The van der Waals surface area contributed by atoms with Crippen molar-refractivity contribution in [2.24, 2.45) is 0 Å². The van der Waals surface area contributed by atoms with Crippen LogP contribution in [0, 0.1) is 0 Å². The fourth-order valence-electron chi connectivity index (χ4n) is 4.27. The smallest absolute Gasteiger partial charge is 0.328 e. The SMILES string of the molecule is CCCC(=O)N1CCN(C(=O)Cc2ccc(Cl)c(Cl)c2)C(CN2CCCC2)C1.O=C(O)C=CC(=O)O. The largest absolute Gasteiger partial charge is 0.478 e. The highest BCUT2D eigenvalue weighted by Gasteiger charge is 2.33. The number of likely N-dealkylation sites (tertiary alicyclic amines) is 1. The fraction of sp³-hybridized carbons (Fsp3) is 0.520. The number of piperazine rings is 1. The van der Waals surface area contributed by atoms with Crippen LogP contribution in [0.25, 0.3) is 0 Å². The van der Waals surface area contributed by atoms with E-state index in [0.717, 1.165) is 31.6 Å². The van der Waals surface area contributed by atoms with E-state index in [1.165, 1.54) is 12.8 Å². The average Bonchev–Trinajstić information content (AvgIpc) is 3.33. The summed E-state index contributed by atoms with van der Waals surface area (Å²) < 4.78 is 0. The molecule has 2 aliphatic rings. The van der Waals surface area contributed by atoms with Gasteiger partial charge in [-0.3, -0.25) is 9.59 Å². The van der Waals surface area contributed by atoms with Gasteiger partial charge in [0.25, 0.3) is 0 Å². The minimum atomic E-state index is -1.26. The Morgan fingerprint density at radius 3 is 2.14 bits per heavy atom. The maximum absolute atomic E-state index is 13.1. The zero-order valence-corrected chi connectivity index (χ0v) is 21.9. The van der Waals surface area contributed by atoms with Crippen molar-refractivity contribution in [1.82, 2.24) is 14.7 Å². The van der Waals surface area contributed by atoms with Crippen molar-refractivity contribution < 1.29 is 29.4 Å². The summed E-state index contributed by atoms with van der Waals surface area (Å²) >= 11 is 12.1.